The molecule has 0 unspecified atom stereocenters. The first-order valence-corrected chi connectivity index (χ1v) is 6.28. The van der Waals surface area contributed by atoms with E-state index in [0.29, 0.717) is 11.5 Å². The van der Waals surface area contributed by atoms with Gasteiger partial charge < -0.3 is 10.6 Å². The molecule has 0 bridgehead atoms. The summed E-state index contributed by atoms with van der Waals surface area (Å²) >= 11 is 0. The second kappa shape index (κ2) is 4.68. The predicted molar refractivity (Wildman–Crippen MR) is 74.8 cm³/mol. The molecule has 1 aliphatic heterocycles. The molecule has 5 nitrogen and oxygen atoms in total. The van der Waals surface area contributed by atoms with Gasteiger partial charge in [-0.3, -0.25) is 5.41 Å². The van der Waals surface area contributed by atoms with E-state index < -0.39 is 0 Å². The summed E-state index contributed by atoms with van der Waals surface area (Å²) in [4.78, 5) is 10.6. The Balaban J connectivity index is 2.12. The fraction of sp³-hybridized carbons (Fsp3) is 0.214. The molecule has 1 aromatic carbocycles. The highest BCUT2D eigenvalue weighted by Crippen LogP contribution is 2.32. The first kappa shape index (κ1) is 11.6. The zero-order chi connectivity index (χ0) is 13.2. The third kappa shape index (κ3) is 2.03. The Morgan fingerprint density at radius 2 is 2.00 bits per heavy atom. The maximum Gasteiger partial charge on any atom is 0.162 e. The van der Waals surface area contributed by atoms with Gasteiger partial charge in [-0.2, -0.15) is 0 Å². The second-order valence-corrected chi connectivity index (χ2v) is 4.53. The van der Waals surface area contributed by atoms with E-state index in [4.69, 9.17) is 11.1 Å². The van der Waals surface area contributed by atoms with Crippen molar-refractivity contribution in [1.29, 1.82) is 5.41 Å². The van der Waals surface area contributed by atoms with Gasteiger partial charge in [0.25, 0.3) is 0 Å². The highest BCUT2D eigenvalue weighted by atomic mass is 15.2. The zero-order valence-corrected chi connectivity index (χ0v) is 10.5. The molecular formula is C14H15N5. The van der Waals surface area contributed by atoms with Crippen molar-refractivity contribution >= 4 is 17.3 Å². The Morgan fingerprint density at radius 1 is 1.21 bits per heavy atom. The summed E-state index contributed by atoms with van der Waals surface area (Å²) in [5, 5.41) is 7.63. The Morgan fingerprint density at radius 3 is 2.84 bits per heavy atom. The third-order valence-corrected chi connectivity index (χ3v) is 3.30. The average molecular weight is 253 g/mol. The van der Waals surface area contributed by atoms with Gasteiger partial charge >= 0.3 is 0 Å². The lowest BCUT2D eigenvalue weighted by Gasteiger charge is -2.31. The van der Waals surface area contributed by atoms with Gasteiger partial charge in [-0.1, -0.05) is 18.2 Å². The molecule has 3 N–H and O–H groups in total. The number of hydrogen-bond donors (Lipinski definition) is 2. The standard InChI is InChI=1S/C14H15N5/c15-13(16)12-14(18-8-7-17-12)19-9-3-5-10-4-1-2-6-11(10)19/h1-2,4,6-8H,3,5,9H2,(H3,15,16). The maximum atomic E-state index is 7.63. The molecule has 0 saturated carbocycles. The molecule has 0 atom stereocenters. The zero-order valence-electron chi connectivity index (χ0n) is 10.5. The molecular weight excluding hydrogens is 238 g/mol. The van der Waals surface area contributed by atoms with E-state index in [9.17, 15) is 0 Å². The van der Waals surface area contributed by atoms with Gasteiger partial charge in [-0.05, 0) is 24.5 Å². The molecule has 96 valence electrons. The highest BCUT2D eigenvalue weighted by Gasteiger charge is 2.22. The average Bonchev–Trinajstić information content (AvgIpc) is 2.46. The SMILES string of the molecule is N=C(N)c1nccnc1N1CCCc2ccccc21. The molecule has 3 rings (SSSR count). The summed E-state index contributed by atoms with van der Waals surface area (Å²) in [6.07, 6.45) is 5.34. The number of nitrogens with one attached hydrogen (secondary N) is 1. The van der Waals surface area contributed by atoms with Gasteiger partial charge in [-0.15, -0.1) is 0 Å². The van der Waals surface area contributed by atoms with E-state index in [0.717, 1.165) is 25.1 Å². The van der Waals surface area contributed by atoms with Gasteiger partial charge in [-0.25, -0.2) is 9.97 Å². The lowest BCUT2D eigenvalue weighted by Crippen LogP contribution is -2.28. The van der Waals surface area contributed by atoms with Crippen molar-refractivity contribution in [3.05, 3.63) is 47.9 Å². The van der Waals surface area contributed by atoms with Crippen LogP contribution in [0.3, 0.4) is 0 Å². The number of benzene rings is 1. The topological polar surface area (TPSA) is 78.9 Å². The molecule has 1 aliphatic rings. The number of rotatable bonds is 2. The van der Waals surface area contributed by atoms with Crippen LogP contribution in [0, 0.1) is 5.41 Å². The van der Waals surface area contributed by atoms with Crippen LogP contribution in [0.15, 0.2) is 36.7 Å². The monoisotopic (exact) mass is 253 g/mol. The number of hydrogen-bond acceptors (Lipinski definition) is 4. The van der Waals surface area contributed by atoms with Crippen molar-refractivity contribution in [2.45, 2.75) is 12.8 Å². The summed E-state index contributed by atoms with van der Waals surface area (Å²) < 4.78 is 0. The van der Waals surface area contributed by atoms with Crippen LogP contribution in [0.2, 0.25) is 0 Å². The highest BCUT2D eigenvalue weighted by molar-refractivity contribution is 5.98. The van der Waals surface area contributed by atoms with Gasteiger partial charge in [0.1, 0.15) is 11.5 Å². The van der Waals surface area contributed by atoms with Crippen LogP contribution in [0.4, 0.5) is 11.5 Å². The molecule has 1 aromatic heterocycles. The number of anilines is 2. The van der Waals surface area contributed by atoms with Crippen LogP contribution in [0.1, 0.15) is 17.7 Å². The predicted octanol–water partition coefficient (Wildman–Crippen LogP) is 1.84. The van der Waals surface area contributed by atoms with E-state index in [1.807, 2.05) is 12.1 Å². The minimum Gasteiger partial charge on any atom is -0.382 e. The third-order valence-electron chi connectivity index (χ3n) is 3.30. The van der Waals surface area contributed by atoms with Crippen molar-refractivity contribution in [3.8, 4) is 0 Å². The largest absolute Gasteiger partial charge is 0.382 e. The summed E-state index contributed by atoms with van der Waals surface area (Å²) in [5.41, 5.74) is 8.47. The molecule has 19 heavy (non-hydrogen) atoms. The summed E-state index contributed by atoms with van der Waals surface area (Å²) in [6, 6.07) is 8.27. The fourth-order valence-corrected chi connectivity index (χ4v) is 2.47. The number of aromatic nitrogens is 2. The summed E-state index contributed by atoms with van der Waals surface area (Å²) in [7, 11) is 0. The number of nitrogens with two attached hydrogens (primary N) is 1. The van der Waals surface area contributed by atoms with Crippen LogP contribution < -0.4 is 10.6 Å². The Labute approximate surface area is 111 Å². The smallest absolute Gasteiger partial charge is 0.162 e. The molecule has 5 heteroatoms. The van der Waals surface area contributed by atoms with E-state index in [1.54, 1.807) is 12.4 Å². The Kier molecular flexibility index (Phi) is 2.87. The Hall–Kier alpha value is -2.43. The first-order valence-electron chi connectivity index (χ1n) is 6.28. The van der Waals surface area contributed by atoms with Crippen LogP contribution >= 0.6 is 0 Å². The van der Waals surface area contributed by atoms with Crippen LogP contribution in [-0.4, -0.2) is 22.3 Å². The summed E-state index contributed by atoms with van der Waals surface area (Å²) in [5.74, 6) is 0.619. The van der Waals surface area contributed by atoms with Gasteiger partial charge in [0.15, 0.2) is 5.82 Å². The molecule has 0 fully saturated rings. The second-order valence-electron chi connectivity index (χ2n) is 4.53. The van der Waals surface area contributed by atoms with Crippen molar-refractivity contribution in [2.75, 3.05) is 11.4 Å². The fourth-order valence-electron chi connectivity index (χ4n) is 2.47. The van der Waals surface area contributed by atoms with E-state index >= 15 is 0 Å². The van der Waals surface area contributed by atoms with Crippen molar-refractivity contribution in [1.82, 2.24) is 9.97 Å². The minimum atomic E-state index is -0.0499. The minimum absolute atomic E-state index is 0.0499. The van der Waals surface area contributed by atoms with Crippen molar-refractivity contribution in [2.24, 2.45) is 5.73 Å². The number of nitrogens with zero attached hydrogens (tertiary/aromatic N) is 3. The molecule has 0 spiro atoms. The lowest BCUT2D eigenvalue weighted by atomic mass is 10.0. The van der Waals surface area contributed by atoms with Crippen molar-refractivity contribution < 1.29 is 0 Å². The van der Waals surface area contributed by atoms with Crippen LogP contribution in [0.5, 0.6) is 0 Å². The van der Waals surface area contributed by atoms with Gasteiger partial charge in [0.2, 0.25) is 0 Å². The van der Waals surface area contributed by atoms with E-state index in [-0.39, 0.29) is 5.84 Å². The molecule has 0 radical (unpaired) electrons. The molecule has 2 heterocycles. The maximum absolute atomic E-state index is 7.63. The molecule has 0 amide bonds. The summed E-state index contributed by atoms with van der Waals surface area (Å²) in [6.45, 7) is 0.871. The van der Waals surface area contributed by atoms with E-state index in [1.165, 1.54) is 5.56 Å². The number of aryl methyl sites for hydroxylation is 1. The lowest BCUT2D eigenvalue weighted by molar-refractivity contribution is 0.757. The molecule has 2 aromatic rings. The number of amidine groups is 1. The Bertz CT molecular complexity index is 623. The molecule has 0 aliphatic carbocycles. The van der Waals surface area contributed by atoms with Gasteiger partial charge in [0, 0.05) is 24.6 Å². The van der Waals surface area contributed by atoms with Crippen molar-refractivity contribution in [3.63, 3.8) is 0 Å². The van der Waals surface area contributed by atoms with E-state index in [2.05, 4.69) is 27.0 Å². The molecule has 0 saturated heterocycles. The number of para-hydroxylation sites is 1. The quantitative estimate of drug-likeness (QED) is 0.632. The van der Waals surface area contributed by atoms with Crippen LogP contribution in [-0.2, 0) is 6.42 Å². The number of nitrogen functional groups attached to an aromatic ring is 1. The normalized spacial score (nSPS) is 14.0. The number of fused-ring (bicyclic) bond motifs is 1. The first-order chi connectivity index (χ1) is 9.27. The van der Waals surface area contributed by atoms with Gasteiger partial charge in [0.05, 0.1) is 0 Å². The van der Waals surface area contributed by atoms with Crippen LogP contribution in [0.25, 0.3) is 0 Å².